The first kappa shape index (κ1) is 19.1. The van der Waals surface area contributed by atoms with Crippen LogP contribution in [0.25, 0.3) is 49.2 Å². The van der Waals surface area contributed by atoms with E-state index in [9.17, 15) is 0 Å². The van der Waals surface area contributed by atoms with Gasteiger partial charge in [-0.25, -0.2) is 9.41 Å². The Labute approximate surface area is 182 Å². The minimum atomic E-state index is 0.607. The van der Waals surface area contributed by atoms with Crippen LogP contribution < -0.4 is 4.57 Å². The van der Waals surface area contributed by atoms with Gasteiger partial charge in [-0.2, -0.15) is 0 Å². The third kappa shape index (κ3) is 2.92. The van der Waals surface area contributed by atoms with Gasteiger partial charge in [-0.15, -0.1) is 0 Å². The van der Waals surface area contributed by atoms with Gasteiger partial charge in [0.15, 0.2) is 11.9 Å². The fourth-order valence-electron chi connectivity index (χ4n) is 4.50. The number of hydrogen-bond donors (Lipinski definition) is 0. The van der Waals surface area contributed by atoms with Gasteiger partial charge in [0.2, 0.25) is 5.69 Å². The molecular formula is C28H23N2O+. The van der Waals surface area contributed by atoms with Crippen LogP contribution in [0.1, 0.15) is 16.7 Å². The van der Waals surface area contributed by atoms with Crippen LogP contribution in [0, 0.1) is 27.3 Å². The van der Waals surface area contributed by atoms with Crippen molar-refractivity contribution in [2.75, 3.05) is 0 Å². The van der Waals surface area contributed by atoms with Crippen LogP contribution in [0.15, 0.2) is 71.3 Å². The van der Waals surface area contributed by atoms with E-state index < -0.39 is 0 Å². The van der Waals surface area contributed by atoms with E-state index in [4.69, 9.17) is 11.0 Å². The van der Waals surface area contributed by atoms with Crippen molar-refractivity contribution >= 4 is 27.6 Å². The zero-order valence-corrected chi connectivity index (χ0v) is 18.2. The maximum absolute atomic E-state index is 7.73. The van der Waals surface area contributed by atoms with Gasteiger partial charge in [-0.05, 0) is 38.0 Å². The highest BCUT2D eigenvalue weighted by molar-refractivity contribution is 6.15. The van der Waals surface area contributed by atoms with Crippen LogP contribution >= 0.6 is 0 Å². The van der Waals surface area contributed by atoms with Gasteiger partial charge >= 0.3 is 0 Å². The van der Waals surface area contributed by atoms with Crippen LogP contribution in [0.4, 0.5) is 5.69 Å². The van der Waals surface area contributed by atoms with Crippen molar-refractivity contribution < 1.29 is 8.98 Å². The molecule has 0 saturated carbocycles. The van der Waals surface area contributed by atoms with E-state index in [2.05, 4.69) is 92.0 Å². The average molecular weight is 404 g/mol. The normalized spacial score (nSPS) is 11.2. The molecule has 0 aliphatic carbocycles. The Morgan fingerprint density at radius 2 is 1.45 bits per heavy atom. The number of fused-ring (bicyclic) bond motifs is 3. The summed E-state index contributed by atoms with van der Waals surface area (Å²) in [5.74, 6) is 0. The van der Waals surface area contributed by atoms with Gasteiger partial charge in [-0.3, -0.25) is 0 Å². The van der Waals surface area contributed by atoms with E-state index in [-0.39, 0.29) is 0 Å². The van der Waals surface area contributed by atoms with E-state index >= 15 is 0 Å². The van der Waals surface area contributed by atoms with Gasteiger partial charge in [0.05, 0.1) is 12.1 Å². The Bertz CT molecular complexity index is 1500. The highest BCUT2D eigenvalue weighted by atomic mass is 16.3. The summed E-state index contributed by atoms with van der Waals surface area (Å²) in [5.41, 5.74) is 9.92. The Morgan fingerprint density at radius 3 is 2.13 bits per heavy atom. The summed E-state index contributed by atoms with van der Waals surface area (Å²) in [7, 11) is 2.07. The Hall–Kier alpha value is -3.90. The molecule has 0 amide bonds. The van der Waals surface area contributed by atoms with Gasteiger partial charge < -0.3 is 4.42 Å². The molecule has 0 saturated heterocycles. The molecule has 31 heavy (non-hydrogen) atoms. The molecule has 5 rings (SSSR count). The predicted octanol–water partition coefficient (Wildman–Crippen LogP) is 7.22. The number of nitrogens with zero attached hydrogens (tertiary/aromatic N) is 2. The molecule has 150 valence electrons. The predicted molar refractivity (Wildman–Crippen MR) is 126 cm³/mol. The lowest BCUT2D eigenvalue weighted by atomic mass is 9.96. The second kappa shape index (κ2) is 7.11. The van der Waals surface area contributed by atoms with Crippen LogP contribution in [0.5, 0.6) is 0 Å². The van der Waals surface area contributed by atoms with Crippen molar-refractivity contribution in [2.24, 2.45) is 7.05 Å². The number of pyridine rings is 1. The number of rotatable bonds is 2. The smallest absolute Gasteiger partial charge is 0.219 e. The molecular weight excluding hydrogens is 380 g/mol. The van der Waals surface area contributed by atoms with Crippen molar-refractivity contribution in [3.63, 3.8) is 0 Å². The lowest BCUT2D eigenvalue weighted by molar-refractivity contribution is -0.660. The molecule has 3 aromatic carbocycles. The van der Waals surface area contributed by atoms with E-state index in [0.29, 0.717) is 5.69 Å². The number of furan rings is 1. The van der Waals surface area contributed by atoms with Gasteiger partial charge in [0.25, 0.3) is 0 Å². The molecule has 0 bridgehead atoms. The van der Waals surface area contributed by atoms with E-state index in [1.807, 2.05) is 12.1 Å². The molecule has 5 aromatic rings. The maximum atomic E-state index is 7.73. The maximum Gasteiger partial charge on any atom is 0.219 e. The summed E-state index contributed by atoms with van der Waals surface area (Å²) in [4.78, 5) is 3.80. The Kier molecular flexibility index (Phi) is 4.38. The quantitative estimate of drug-likeness (QED) is 0.225. The van der Waals surface area contributed by atoms with Crippen molar-refractivity contribution in [2.45, 2.75) is 20.8 Å². The lowest BCUT2D eigenvalue weighted by Crippen LogP contribution is -2.31. The molecule has 0 spiro atoms. The topological polar surface area (TPSA) is 21.4 Å². The third-order valence-electron chi connectivity index (χ3n) is 6.08. The largest absolute Gasteiger partial charge is 0.456 e. The van der Waals surface area contributed by atoms with E-state index in [0.717, 1.165) is 44.3 Å². The fourth-order valence-corrected chi connectivity index (χ4v) is 4.50. The van der Waals surface area contributed by atoms with Crippen molar-refractivity contribution in [1.29, 1.82) is 0 Å². The minimum Gasteiger partial charge on any atom is -0.456 e. The first-order chi connectivity index (χ1) is 15.0. The highest BCUT2D eigenvalue weighted by Crippen LogP contribution is 2.44. The summed E-state index contributed by atoms with van der Waals surface area (Å²) in [5, 5.41) is 2.11. The third-order valence-corrected chi connectivity index (χ3v) is 6.08. The van der Waals surface area contributed by atoms with Crippen LogP contribution in [-0.2, 0) is 7.05 Å². The Morgan fingerprint density at radius 1 is 0.774 bits per heavy atom. The molecule has 3 nitrogen and oxygen atoms in total. The van der Waals surface area contributed by atoms with Crippen LogP contribution in [0.3, 0.4) is 0 Å². The molecule has 0 N–H and O–H groups in total. The molecule has 0 aliphatic rings. The summed E-state index contributed by atoms with van der Waals surface area (Å²) in [6.45, 7) is 14.1. The van der Waals surface area contributed by atoms with E-state index in [1.54, 1.807) is 0 Å². The Balaban J connectivity index is 1.93. The number of aromatic nitrogens is 1. The van der Waals surface area contributed by atoms with Crippen LogP contribution in [0.2, 0.25) is 0 Å². The second-order valence-corrected chi connectivity index (χ2v) is 8.20. The monoisotopic (exact) mass is 403 g/mol. The number of hydrogen-bond acceptors (Lipinski definition) is 1. The zero-order chi connectivity index (χ0) is 21.7. The number of benzene rings is 3. The fraction of sp³-hybridized carbons (Fsp3) is 0.143. The van der Waals surface area contributed by atoms with Gasteiger partial charge in [-0.1, -0.05) is 54.1 Å². The second-order valence-electron chi connectivity index (χ2n) is 8.20. The highest BCUT2D eigenvalue weighted by Gasteiger charge is 2.24. The molecule has 2 heterocycles. The van der Waals surface area contributed by atoms with E-state index in [1.165, 1.54) is 16.7 Å². The minimum absolute atomic E-state index is 0.607. The molecule has 0 unspecified atom stereocenters. The van der Waals surface area contributed by atoms with Gasteiger partial charge in [0.1, 0.15) is 18.2 Å². The summed E-state index contributed by atoms with van der Waals surface area (Å²) >= 11 is 0. The lowest BCUT2D eigenvalue weighted by Gasteiger charge is -2.07. The molecule has 2 aromatic heterocycles. The van der Waals surface area contributed by atoms with Crippen molar-refractivity contribution in [3.8, 4) is 22.4 Å². The molecule has 0 aliphatic heterocycles. The van der Waals surface area contributed by atoms with Crippen LogP contribution in [-0.4, -0.2) is 0 Å². The van der Waals surface area contributed by atoms with Crippen molar-refractivity contribution in [3.05, 3.63) is 95.0 Å². The SMILES string of the molecule is [C-]#[N+]c1ccc2c(oc3c(-c4c(C)ccc[n+]4C)c(C)ccc32)c1-c1ccc(C)cc1. The first-order valence-electron chi connectivity index (χ1n) is 10.4. The molecule has 0 atom stereocenters. The molecule has 0 radical (unpaired) electrons. The first-order valence-corrected chi connectivity index (χ1v) is 10.4. The number of aryl methyl sites for hydroxylation is 4. The molecule has 0 fully saturated rings. The summed E-state index contributed by atoms with van der Waals surface area (Å²) in [6.07, 6.45) is 2.07. The molecule has 3 heteroatoms. The zero-order valence-electron chi connectivity index (χ0n) is 18.2. The van der Waals surface area contributed by atoms with Crippen molar-refractivity contribution in [1.82, 2.24) is 0 Å². The van der Waals surface area contributed by atoms with Gasteiger partial charge in [0, 0.05) is 28.0 Å². The average Bonchev–Trinajstić information content (AvgIpc) is 3.13. The summed E-state index contributed by atoms with van der Waals surface area (Å²) in [6, 6.07) is 20.7. The summed E-state index contributed by atoms with van der Waals surface area (Å²) < 4.78 is 8.78. The standard InChI is InChI=1S/C28H23N2O/c1-17-8-11-20(12-9-17)25-23(29-4)15-14-22-21-13-10-18(2)24(27(21)31-28(22)25)26-19(3)7-6-16-30(26)5/h6-16H,1-3,5H3/q+1.